The number of nitrogens with one attached hydrogen (secondary N) is 2. The summed E-state index contributed by atoms with van der Waals surface area (Å²) in [6.45, 7) is 4.93. The molecule has 2 aliphatic heterocycles. The number of piperidine rings is 1. The first kappa shape index (κ1) is 19.7. The SMILES string of the molecule is Cc1cccc(NC(=O)N2CCC[C@@H](CCC(=O)NC[C@@H]3CCCO3)C2)c1. The van der Waals surface area contributed by atoms with Crippen LogP contribution in [0.1, 0.15) is 44.1 Å². The summed E-state index contributed by atoms with van der Waals surface area (Å²) >= 11 is 0. The number of ether oxygens (including phenoxy) is 1. The zero-order chi connectivity index (χ0) is 19.1. The van der Waals surface area contributed by atoms with E-state index in [0.717, 1.165) is 63.1 Å². The number of carbonyl (C=O) groups is 2. The van der Waals surface area contributed by atoms with Gasteiger partial charge in [0.1, 0.15) is 0 Å². The minimum atomic E-state index is -0.0480. The number of carbonyl (C=O) groups excluding carboxylic acids is 2. The Hall–Kier alpha value is -2.08. The van der Waals surface area contributed by atoms with E-state index in [1.807, 2.05) is 36.1 Å². The third-order valence-electron chi connectivity index (χ3n) is 5.41. The summed E-state index contributed by atoms with van der Waals surface area (Å²) in [5, 5.41) is 5.96. The number of amides is 3. The van der Waals surface area contributed by atoms with Gasteiger partial charge in [-0.3, -0.25) is 4.79 Å². The normalized spacial score (nSPS) is 22.5. The molecular weight excluding hydrogens is 342 g/mol. The zero-order valence-electron chi connectivity index (χ0n) is 16.2. The van der Waals surface area contributed by atoms with Crippen LogP contribution >= 0.6 is 0 Å². The second kappa shape index (κ2) is 9.74. The van der Waals surface area contributed by atoms with Crippen LogP contribution in [0.4, 0.5) is 10.5 Å². The van der Waals surface area contributed by atoms with Gasteiger partial charge in [0.2, 0.25) is 5.91 Å². The number of aryl methyl sites for hydroxylation is 1. The molecular formula is C21H31N3O3. The van der Waals surface area contributed by atoms with Gasteiger partial charge in [-0.25, -0.2) is 4.79 Å². The molecule has 148 valence electrons. The molecule has 3 amide bonds. The lowest BCUT2D eigenvalue weighted by Crippen LogP contribution is -2.42. The third-order valence-corrected chi connectivity index (χ3v) is 5.41. The van der Waals surface area contributed by atoms with Gasteiger partial charge >= 0.3 is 6.03 Å². The van der Waals surface area contributed by atoms with Gasteiger partial charge in [-0.2, -0.15) is 0 Å². The first-order valence-corrected chi connectivity index (χ1v) is 10.1. The van der Waals surface area contributed by atoms with Crippen LogP contribution in [-0.4, -0.2) is 49.2 Å². The molecule has 2 fully saturated rings. The quantitative estimate of drug-likeness (QED) is 0.804. The first-order valence-electron chi connectivity index (χ1n) is 10.1. The van der Waals surface area contributed by atoms with E-state index in [4.69, 9.17) is 4.74 Å². The smallest absolute Gasteiger partial charge is 0.321 e. The molecule has 0 unspecified atom stereocenters. The number of benzene rings is 1. The monoisotopic (exact) mass is 373 g/mol. The van der Waals surface area contributed by atoms with E-state index in [0.29, 0.717) is 18.9 Å². The summed E-state index contributed by atoms with van der Waals surface area (Å²) in [5.74, 6) is 0.474. The maximum atomic E-state index is 12.5. The Morgan fingerprint density at radius 2 is 2.15 bits per heavy atom. The van der Waals surface area contributed by atoms with Crippen molar-refractivity contribution in [3.05, 3.63) is 29.8 Å². The van der Waals surface area contributed by atoms with Crippen LogP contribution in [-0.2, 0) is 9.53 Å². The molecule has 3 rings (SSSR count). The maximum absolute atomic E-state index is 12.5. The lowest BCUT2D eigenvalue weighted by atomic mass is 9.93. The van der Waals surface area contributed by atoms with E-state index in [2.05, 4.69) is 10.6 Å². The highest BCUT2D eigenvalue weighted by Crippen LogP contribution is 2.22. The van der Waals surface area contributed by atoms with Crippen molar-refractivity contribution in [2.75, 3.05) is 31.6 Å². The van der Waals surface area contributed by atoms with Gasteiger partial charge in [0.05, 0.1) is 6.10 Å². The molecule has 27 heavy (non-hydrogen) atoms. The lowest BCUT2D eigenvalue weighted by Gasteiger charge is -2.32. The van der Waals surface area contributed by atoms with Gasteiger partial charge in [-0.1, -0.05) is 12.1 Å². The number of likely N-dealkylation sites (tertiary alicyclic amines) is 1. The molecule has 2 aliphatic rings. The molecule has 0 aromatic heterocycles. The van der Waals surface area contributed by atoms with Crippen molar-refractivity contribution >= 4 is 17.6 Å². The van der Waals surface area contributed by atoms with E-state index in [-0.39, 0.29) is 18.0 Å². The van der Waals surface area contributed by atoms with Crippen molar-refractivity contribution in [1.82, 2.24) is 10.2 Å². The van der Waals surface area contributed by atoms with Crippen molar-refractivity contribution in [3.63, 3.8) is 0 Å². The largest absolute Gasteiger partial charge is 0.376 e. The van der Waals surface area contributed by atoms with Crippen LogP contribution in [0.15, 0.2) is 24.3 Å². The van der Waals surface area contributed by atoms with Gasteiger partial charge in [0.15, 0.2) is 0 Å². The molecule has 0 spiro atoms. The Labute approximate surface area is 161 Å². The van der Waals surface area contributed by atoms with Crippen LogP contribution in [0, 0.1) is 12.8 Å². The van der Waals surface area contributed by atoms with Gasteiger partial charge < -0.3 is 20.3 Å². The van der Waals surface area contributed by atoms with Gasteiger partial charge in [-0.15, -0.1) is 0 Å². The van der Waals surface area contributed by atoms with E-state index in [1.165, 1.54) is 0 Å². The molecule has 0 radical (unpaired) electrons. The molecule has 0 bridgehead atoms. The lowest BCUT2D eigenvalue weighted by molar-refractivity contribution is -0.121. The fraction of sp³-hybridized carbons (Fsp3) is 0.619. The molecule has 1 aromatic carbocycles. The highest BCUT2D eigenvalue weighted by atomic mass is 16.5. The summed E-state index contributed by atoms with van der Waals surface area (Å²) in [5.41, 5.74) is 1.95. The zero-order valence-corrected chi connectivity index (χ0v) is 16.2. The summed E-state index contributed by atoms with van der Waals surface area (Å²) in [7, 11) is 0. The number of hydrogen-bond acceptors (Lipinski definition) is 3. The number of urea groups is 1. The predicted octanol–water partition coefficient (Wildman–Crippen LogP) is 3.31. The topological polar surface area (TPSA) is 70.7 Å². The number of anilines is 1. The Kier molecular flexibility index (Phi) is 7.10. The van der Waals surface area contributed by atoms with Gasteiger partial charge in [0.25, 0.3) is 0 Å². The van der Waals surface area contributed by atoms with Crippen molar-refractivity contribution in [2.45, 2.75) is 51.6 Å². The second-order valence-corrected chi connectivity index (χ2v) is 7.73. The van der Waals surface area contributed by atoms with Crippen molar-refractivity contribution in [1.29, 1.82) is 0 Å². The van der Waals surface area contributed by atoms with Crippen LogP contribution in [0.25, 0.3) is 0 Å². The Morgan fingerprint density at radius 3 is 2.93 bits per heavy atom. The average Bonchev–Trinajstić information content (AvgIpc) is 3.18. The summed E-state index contributed by atoms with van der Waals surface area (Å²) in [6.07, 6.45) is 5.72. The predicted molar refractivity (Wildman–Crippen MR) is 106 cm³/mol. The van der Waals surface area contributed by atoms with Crippen LogP contribution in [0.5, 0.6) is 0 Å². The van der Waals surface area contributed by atoms with Crippen molar-refractivity contribution in [2.24, 2.45) is 5.92 Å². The summed E-state index contributed by atoms with van der Waals surface area (Å²) < 4.78 is 5.53. The Bertz CT molecular complexity index is 643. The molecule has 2 N–H and O–H groups in total. The molecule has 0 saturated carbocycles. The minimum Gasteiger partial charge on any atom is -0.376 e. The van der Waals surface area contributed by atoms with E-state index >= 15 is 0 Å². The van der Waals surface area contributed by atoms with Crippen LogP contribution in [0.2, 0.25) is 0 Å². The summed E-state index contributed by atoms with van der Waals surface area (Å²) in [6, 6.07) is 7.78. The second-order valence-electron chi connectivity index (χ2n) is 7.73. The number of rotatable bonds is 6. The van der Waals surface area contributed by atoms with E-state index in [1.54, 1.807) is 0 Å². The fourth-order valence-corrected chi connectivity index (χ4v) is 3.87. The fourth-order valence-electron chi connectivity index (χ4n) is 3.87. The average molecular weight is 373 g/mol. The Balaban J connectivity index is 1.39. The van der Waals surface area contributed by atoms with Crippen LogP contribution < -0.4 is 10.6 Å². The number of hydrogen-bond donors (Lipinski definition) is 2. The molecule has 2 heterocycles. The highest BCUT2D eigenvalue weighted by Gasteiger charge is 2.24. The minimum absolute atomic E-state index is 0.0480. The molecule has 6 nitrogen and oxygen atoms in total. The van der Waals surface area contributed by atoms with E-state index < -0.39 is 0 Å². The van der Waals surface area contributed by atoms with Gasteiger partial charge in [-0.05, 0) is 62.6 Å². The molecule has 6 heteroatoms. The van der Waals surface area contributed by atoms with Crippen molar-refractivity contribution in [3.8, 4) is 0 Å². The first-order chi connectivity index (χ1) is 13.1. The molecule has 2 atom stereocenters. The molecule has 2 saturated heterocycles. The third kappa shape index (κ3) is 6.24. The highest BCUT2D eigenvalue weighted by molar-refractivity contribution is 5.89. The maximum Gasteiger partial charge on any atom is 0.321 e. The Morgan fingerprint density at radius 1 is 1.26 bits per heavy atom. The summed E-state index contributed by atoms with van der Waals surface area (Å²) in [4.78, 5) is 26.5. The standard InChI is InChI=1S/C21H31N3O3/c1-16-5-2-7-18(13-16)23-21(26)24-11-3-6-17(15-24)9-10-20(25)22-14-19-8-4-12-27-19/h2,5,7,13,17,19H,3-4,6,8-12,14-15H2,1H3,(H,22,25)(H,23,26)/t17-,19-/m0/s1. The number of nitrogens with zero attached hydrogens (tertiary/aromatic N) is 1. The molecule has 0 aliphatic carbocycles. The molecule has 1 aromatic rings. The van der Waals surface area contributed by atoms with E-state index in [9.17, 15) is 9.59 Å². The van der Waals surface area contributed by atoms with Crippen LogP contribution in [0.3, 0.4) is 0 Å². The van der Waals surface area contributed by atoms with Crippen molar-refractivity contribution < 1.29 is 14.3 Å². The van der Waals surface area contributed by atoms with Gasteiger partial charge in [0, 0.05) is 38.3 Å².